The molecular formula is C10H21B. The molecule has 0 nitrogen and oxygen atoms in total. The highest BCUT2D eigenvalue weighted by Gasteiger charge is 2.12. The molecule has 0 spiro atoms. The molecule has 0 aliphatic carbocycles. The first-order valence-electron chi connectivity index (χ1n) is 4.68. The minimum atomic E-state index is 0.731. The first-order chi connectivity index (χ1) is 5.06. The van der Waals surface area contributed by atoms with Crippen molar-refractivity contribution in [1.82, 2.24) is 0 Å². The third-order valence-corrected chi connectivity index (χ3v) is 1.88. The molecule has 0 aromatic rings. The van der Waals surface area contributed by atoms with Crippen LogP contribution in [0.15, 0.2) is 12.6 Å². The largest absolute Gasteiger partial charge is 0.166 e. The maximum Gasteiger partial charge on any atom is 0.166 e. The molecule has 0 unspecified atom stereocenters. The van der Waals surface area contributed by atoms with Crippen LogP contribution in [0.1, 0.15) is 27.7 Å². The number of hydrogen-bond donors (Lipinski definition) is 0. The zero-order chi connectivity index (χ0) is 8.85. The van der Waals surface area contributed by atoms with Gasteiger partial charge in [-0.25, -0.2) is 0 Å². The Kier molecular flexibility index (Phi) is 5.36. The van der Waals surface area contributed by atoms with E-state index in [9.17, 15) is 0 Å². The van der Waals surface area contributed by atoms with Crippen molar-refractivity contribution in [3.63, 3.8) is 0 Å². The zero-order valence-electron chi connectivity index (χ0n) is 8.43. The van der Waals surface area contributed by atoms with E-state index in [1.165, 1.54) is 12.6 Å². The fourth-order valence-electron chi connectivity index (χ4n) is 1.50. The number of hydrogen-bond acceptors (Lipinski definition) is 0. The van der Waals surface area contributed by atoms with Gasteiger partial charge in [-0.05, 0) is 0 Å². The van der Waals surface area contributed by atoms with Gasteiger partial charge < -0.3 is 0 Å². The van der Waals surface area contributed by atoms with Crippen LogP contribution in [0.5, 0.6) is 0 Å². The van der Waals surface area contributed by atoms with E-state index >= 15 is 0 Å². The summed E-state index contributed by atoms with van der Waals surface area (Å²) in [7, 11) is 0. The van der Waals surface area contributed by atoms with Gasteiger partial charge in [0.2, 0.25) is 0 Å². The van der Waals surface area contributed by atoms with Gasteiger partial charge in [-0.1, -0.05) is 52.2 Å². The van der Waals surface area contributed by atoms with Gasteiger partial charge in [0.15, 0.2) is 6.71 Å². The first kappa shape index (κ1) is 10.8. The molecule has 0 amide bonds. The van der Waals surface area contributed by atoms with Crippen LogP contribution in [0.4, 0.5) is 0 Å². The van der Waals surface area contributed by atoms with Crippen molar-refractivity contribution >= 4 is 6.71 Å². The molecule has 0 aromatic carbocycles. The van der Waals surface area contributed by atoms with Crippen molar-refractivity contribution in [1.29, 1.82) is 0 Å². The highest BCUT2D eigenvalue weighted by Crippen LogP contribution is 2.14. The molecule has 0 saturated heterocycles. The summed E-state index contributed by atoms with van der Waals surface area (Å²) in [5.41, 5.74) is 0. The van der Waals surface area contributed by atoms with Crippen molar-refractivity contribution < 1.29 is 0 Å². The van der Waals surface area contributed by atoms with Crippen LogP contribution in [-0.4, -0.2) is 6.71 Å². The van der Waals surface area contributed by atoms with Gasteiger partial charge in [0.25, 0.3) is 0 Å². The molecule has 0 rings (SSSR count). The molecule has 0 atom stereocenters. The topological polar surface area (TPSA) is 0 Å². The SMILES string of the molecule is C=CB(CC(C)C)CC(C)C. The Labute approximate surface area is 72.2 Å². The van der Waals surface area contributed by atoms with E-state index in [-0.39, 0.29) is 0 Å². The summed E-state index contributed by atoms with van der Waals surface area (Å²) in [4.78, 5) is 0. The molecule has 11 heavy (non-hydrogen) atoms. The predicted molar refractivity (Wildman–Crippen MR) is 55.2 cm³/mol. The second-order valence-corrected chi connectivity index (χ2v) is 4.25. The normalized spacial score (nSPS) is 10.7. The van der Waals surface area contributed by atoms with Crippen molar-refractivity contribution in [3.8, 4) is 0 Å². The zero-order valence-corrected chi connectivity index (χ0v) is 8.43. The standard InChI is InChI=1S/C10H21B/c1-6-11(7-9(2)3)8-10(4)5/h6,9-10H,1,7-8H2,2-5H3. The molecule has 0 N–H and O–H groups in total. The summed E-state index contributed by atoms with van der Waals surface area (Å²) < 4.78 is 0. The molecule has 0 heterocycles. The van der Waals surface area contributed by atoms with E-state index in [1.54, 1.807) is 0 Å². The Morgan fingerprint density at radius 1 is 1.09 bits per heavy atom. The quantitative estimate of drug-likeness (QED) is 0.528. The average Bonchev–Trinajstić information content (AvgIpc) is 1.84. The molecule has 1 heteroatoms. The molecule has 0 aliphatic rings. The van der Waals surface area contributed by atoms with Crippen LogP contribution in [0, 0.1) is 11.8 Å². The first-order valence-corrected chi connectivity index (χ1v) is 4.68. The van der Waals surface area contributed by atoms with E-state index in [2.05, 4.69) is 40.2 Å². The maximum atomic E-state index is 3.87. The van der Waals surface area contributed by atoms with E-state index in [0.29, 0.717) is 0 Å². The van der Waals surface area contributed by atoms with Crippen LogP contribution in [-0.2, 0) is 0 Å². The summed E-state index contributed by atoms with van der Waals surface area (Å²) in [5.74, 6) is 3.72. The second-order valence-electron chi connectivity index (χ2n) is 4.25. The third-order valence-electron chi connectivity index (χ3n) is 1.88. The fraction of sp³-hybridized carbons (Fsp3) is 0.800. The van der Waals surface area contributed by atoms with Gasteiger partial charge in [0.1, 0.15) is 0 Å². The van der Waals surface area contributed by atoms with Gasteiger partial charge in [-0.15, -0.1) is 12.6 Å². The lowest BCUT2D eigenvalue weighted by Crippen LogP contribution is -2.14. The van der Waals surface area contributed by atoms with Crippen LogP contribution in [0.25, 0.3) is 0 Å². The molecule has 0 fully saturated rings. The molecule has 0 aliphatic heterocycles. The van der Waals surface area contributed by atoms with Crippen molar-refractivity contribution in [2.75, 3.05) is 0 Å². The minimum absolute atomic E-state index is 0.731. The maximum absolute atomic E-state index is 3.87. The van der Waals surface area contributed by atoms with E-state index < -0.39 is 0 Å². The van der Waals surface area contributed by atoms with Crippen molar-refractivity contribution in [2.45, 2.75) is 40.3 Å². The Balaban J connectivity index is 3.67. The Morgan fingerprint density at radius 2 is 1.45 bits per heavy atom. The van der Waals surface area contributed by atoms with Gasteiger partial charge >= 0.3 is 0 Å². The van der Waals surface area contributed by atoms with E-state index in [0.717, 1.165) is 18.5 Å². The summed E-state index contributed by atoms with van der Waals surface area (Å²) in [6.45, 7) is 13.7. The second kappa shape index (κ2) is 5.45. The van der Waals surface area contributed by atoms with Gasteiger partial charge in [-0.2, -0.15) is 0 Å². The third kappa shape index (κ3) is 6.21. The lowest BCUT2D eigenvalue weighted by Gasteiger charge is -2.13. The summed E-state index contributed by atoms with van der Waals surface area (Å²) >= 11 is 0. The molecule has 64 valence electrons. The lowest BCUT2D eigenvalue weighted by atomic mass is 9.42. The average molecular weight is 152 g/mol. The van der Waals surface area contributed by atoms with Crippen LogP contribution in [0.3, 0.4) is 0 Å². The van der Waals surface area contributed by atoms with Crippen LogP contribution in [0.2, 0.25) is 12.6 Å². The Bertz CT molecular complexity index is 95.4. The Hall–Kier alpha value is -0.195. The monoisotopic (exact) mass is 152 g/mol. The minimum Gasteiger partial charge on any atom is -0.122 e. The lowest BCUT2D eigenvalue weighted by molar-refractivity contribution is 0.694. The molecule has 0 saturated carbocycles. The van der Waals surface area contributed by atoms with Gasteiger partial charge in [-0.3, -0.25) is 0 Å². The van der Waals surface area contributed by atoms with Crippen LogP contribution < -0.4 is 0 Å². The molecular weight excluding hydrogens is 131 g/mol. The molecule has 0 bridgehead atoms. The van der Waals surface area contributed by atoms with Gasteiger partial charge in [0, 0.05) is 0 Å². The smallest absolute Gasteiger partial charge is 0.122 e. The van der Waals surface area contributed by atoms with E-state index in [4.69, 9.17) is 0 Å². The van der Waals surface area contributed by atoms with Crippen molar-refractivity contribution in [2.24, 2.45) is 11.8 Å². The van der Waals surface area contributed by atoms with Crippen LogP contribution >= 0.6 is 0 Å². The fourth-order valence-corrected chi connectivity index (χ4v) is 1.50. The number of rotatable bonds is 5. The molecule has 0 radical (unpaired) electrons. The predicted octanol–water partition coefficient (Wildman–Crippen LogP) is 3.52. The van der Waals surface area contributed by atoms with Crippen molar-refractivity contribution in [3.05, 3.63) is 12.6 Å². The summed E-state index contributed by atoms with van der Waals surface area (Å²) in [5, 5.41) is 0. The highest BCUT2D eigenvalue weighted by atomic mass is 13.9. The summed E-state index contributed by atoms with van der Waals surface area (Å²) in [6.07, 6.45) is 2.59. The highest BCUT2D eigenvalue weighted by molar-refractivity contribution is 6.64. The summed E-state index contributed by atoms with van der Waals surface area (Å²) in [6, 6.07) is 0. The van der Waals surface area contributed by atoms with Gasteiger partial charge in [0.05, 0.1) is 0 Å². The molecule has 0 aromatic heterocycles. The Morgan fingerprint density at radius 3 is 1.64 bits per heavy atom. The van der Waals surface area contributed by atoms with E-state index in [1.807, 2.05) is 0 Å².